The second-order valence-electron chi connectivity index (χ2n) is 5.69. The summed E-state index contributed by atoms with van der Waals surface area (Å²) in [4.78, 5) is 0. The van der Waals surface area contributed by atoms with E-state index in [0.29, 0.717) is 12.5 Å². The summed E-state index contributed by atoms with van der Waals surface area (Å²) < 4.78 is 5.95. The van der Waals surface area contributed by atoms with E-state index in [0.717, 1.165) is 28.9 Å². The highest BCUT2D eigenvalue weighted by atomic mass is 16.5. The van der Waals surface area contributed by atoms with Gasteiger partial charge in [0.15, 0.2) is 0 Å². The highest BCUT2D eigenvalue weighted by Crippen LogP contribution is 2.22. The van der Waals surface area contributed by atoms with E-state index in [9.17, 15) is 0 Å². The maximum absolute atomic E-state index is 7.34. The smallest absolute Gasteiger partial charge is 0.123 e. The van der Waals surface area contributed by atoms with Crippen molar-refractivity contribution in [3.05, 3.63) is 77.4 Å². The summed E-state index contributed by atoms with van der Waals surface area (Å²) in [5, 5.41) is 7.34. The van der Waals surface area contributed by atoms with Crippen molar-refractivity contribution in [3.8, 4) is 5.75 Å². The summed E-state index contributed by atoms with van der Waals surface area (Å²) in [5.74, 6) is 1.40. The summed E-state index contributed by atoms with van der Waals surface area (Å²) in [6.45, 7) is 8.72. The molecule has 0 amide bonds. The standard InChI is InChI=1S/C20H23NO/c1-4-5-19-12-17(13-21)8-11-20(19)22-14-16-6-9-18(10-7-16)15(2)3/h4,6-13,15,21H,1,5,14H2,2-3H3. The summed E-state index contributed by atoms with van der Waals surface area (Å²) in [7, 11) is 0. The zero-order chi connectivity index (χ0) is 15.9. The molecule has 0 fully saturated rings. The lowest BCUT2D eigenvalue weighted by Crippen LogP contribution is -2.00. The van der Waals surface area contributed by atoms with Crippen LogP contribution in [-0.4, -0.2) is 6.21 Å². The van der Waals surface area contributed by atoms with Crippen molar-refractivity contribution in [1.82, 2.24) is 0 Å². The van der Waals surface area contributed by atoms with E-state index in [2.05, 4.69) is 44.7 Å². The zero-order valence-electron chi connectivity index (χ0n) is 13.3. The van der Waals surface area contributed by atoms with Crippen molar-refractivity contribution in [2.24, 2.45) is 0 Å². The molecule has 0 aliphatic heterocycles. The van der Waals surface area contributed by atoms with Gasteiger partial charge in [-0.05, 0) is 52.8 Å². The zero-order valence-corrected chi connectivity index (χ0v) is 13.3. The highest BCUT2D eigenvalue weighted by Gasteiger charge is 2.05. The largest absolute Gasteiger partial charge is 0.489 e. The molecule has 2 rings (SSSR count). The van der Waals surface area contributed by atoms with Crippen LogP contribution in [0.5, 0.6) is 5.75 Å². The molecular formula is C20H23NO. The molecule has 0 bridgehead atoms. The van der Waals surface area contributed by atoms with Gasteiger partial charge >= 0.3 is 0 Å². The molecule has 0 aliphatic carbocycles. The monoisotopic (exact) mass is 293 g/mol. The van der Waals surface area contributed by atoms with Gasteiger partial charge in [-0.15, -0.1) is 6.58 Å². The summed E-state index contributed by atoms with van der Waals surface area (Å²) in [5.41, 5.74) is 4.44. The number of benzene rings is 2. The fourth-order valence-corrected chi connectivity index (χ4v) is 2.30. The lowest BCUT2D eigenvalue weighted by molar-refractivity contribution is 0.303. The molecule has 2 aromatic carbocycles. The molecule has 0 radical (unpaired) electrons. The topological polar surface area (TPSA) is 33.1 Å². The van der Waals surface area contributed by atoms with Gasteiger partial charge in [0.2, 0.25) is 0 Å². The fourth-order valence-electron chi connectivity index (χ4n) is 2.30. The number of ether oxygens (including phenoxy) is 1. The molecule has 114 valence electrons. The second-order valence-corrected chi connectivity index (χ2v) is 5.69. The van der Waals surface area contributed by atoms with Gasteiger partial charge in [0, 0.05) is 6.21 Å². The van der Waals surface area contributed by atoms with Gasteiger partial charge in [0.05, 0.1) is 0 Å². The first-order chi connectivity index (χ1) is 10.6. The molecule has 2 nitrogen and oxygen atoms in total. The second kappa shape index (κ2) is 7.60. The Morgan fingerprint density at radius 1 is 1.14 bits per heavy atom. The molecule has 0 heterocycles. The Bertz CT molecular complexity index is 641. The maximum Gasteiger partial charge on any atom is 0.123 e. The van der Waals surface area contributed by atoms with Gasteiger partial charge in [-0.25, -0.2) is 0 Å². The first-order valence-electron chi connectivity index (χ1n) is 7.60. The average molecular weight is 293 g/mol. The Morgan fingerprint density at radius 2 is 1.86 bits per heavy atom. The van der Waals surface area contributed by atoms with Crippen LogP contribution in [-0.2, 0) is 13.0 Å². The number of hydrogen-bond donors (Lipinski definition) is 1. The quantitative estimate of drug-likeness (QED) is 0.558. The van der Waals surface area contributed by atoms with Crippen molar-refractivity contribution in [1.29, 1.82) is 5.41 Å². The Balaban J connectivity index is 2.10. The number of nitrogens with one attached hydrogen (secondary N) is 1. The van der Waals surface area contributed by atoms with Crippen LogP contribution in [0, 0.1) is 5.41 Å². The minimum atomic E-state index is 0.544. The van der Waals surface area contributed by atoms with Crippen molar-refractivity contribution >= 4 is 6.21 Å². The van der Waals surface area contributed by atoms with Crippen LogP contribution < -0.4 is 4.74 Å². The minimum Gasteiger partial charge on any atom is -0.489 e. The maximum atomic E-state index is 7.34. The van der Waals surface area contributed by atoms with Crippen molar-refractivity contribution < 1.29 is 4.74 Å². The first kappa shape index (κ1) is 16.0. The van der Waals surface area contributed by atoms with Crippen LogP contribution in [0.15, 0.2) is 55.1 Å². The third-order valence-electron chi connectivity index (χ3n) is 3.66. The molecule has 0 aliphatic rings. The van der Waals surface area contributed by atoms with Crippen molar-refractivity contribution in [2.45, 2.75) is 32.8 Å². The molecule has 0 atom stereocenters. The molecule has 2 heteroatoms. The molecule has 0 aromatic heterocycles. The molecule has 22 heavy (non-hydrogen) atoms. The van der Waals surface area contributed by atoms with Gasteiger partial charge < -0.3 is 10.1 Å². The van der Waals surface area contributed by atoms with Gasteiger partial charge in [-0.1, -0.05) is 44.2 Å². The average Bonchev–Trinajstić information content (AvgIpc) is 2.54. The molecule has 0 spiro atoms. The summed E-state index contributed by atoms with van der Waals surface area (Å²) in [6.07, 6.45) is 3.94. The molecule has 2 aromatic rings. The molecular weight excluding hydrogens is 270 g/mol. The van der Waals surface area contributed by atoms with Crippen LogP contribution in [0.25, 0.3) is 0 Å². The Hall–Kier alpha value is -2.35. The van der Waals surface area contributed by atoms with Crippen LogP contribution in [0.1, 0.15) is 42.0 Å². The third kappa shape index (κ3) is 4.08. The highest BCUT2D eigenvalue weighted by molar-refractivity contribution is 5.77. The fraction of sp³-hybridized carbons (Fsp3) is 0.250. The van der Waals surface area contributed by atoms with E-state index in [4.69, 9.17) is 10.1 Å². The van der Waals surface area contributed by atoms with Crippen LogP contribution in [0.2, 0.25) is 0 Å². The van der Waals surface area contributed by atoms with Gasteiger partial charge in [0.25, 0.3) is 0 Å². The normalized spacial score (nSPS) is 10.5. The Kier molecular flexibility index (Phi) is 5.54. The summed E-state index contributed by atoms with van der Waals surface area (Å²) in [6, 6.07) is 14.4. The first-order valence-corrected chi connectivity index (χ1v) is 7.60. The van der Waals surface area contributed by atoms with E-state index in [1.807, 2.05) is 24.3 Å². The van der Waals surface area contributed by atoms with Gasteiger partial charge in [-0.2, -0.15) is 0 Å². The van der Waals surface area contributed by atoms with Crippen LogP contribution in [0.3, 0.4) is 0 Å². The van der Waals surface area contributed by atoms with Crippen molar-refractivity contribution in [2.75, 3.05) is 0 Å². The van der Waals surface area contributed by atoms with Crippen LogP contribution >= 0.6 is 0 Å². The van der Waals surface area contributed by atoms with E-state index < -0.39 is 0 Å². The van der Waals surface area contributed by atoms with E-state index in [-0.39, 0.29) is 0 Å². The Morgan fingerprint density at radius 3 is 2.45 bits per heavy atom. The predicted molar refractivity (Wildman–Crippen MR) is 93.1 cm³/mol. The van der Waals surface area contributed by atoms with Gasteiger partial charge in [-0.3, -0.25) is 0 Å². The number of allylic oxidation sites excluding steroid dienone is 1. The minimum absolute atomic E-state index is 0.544. The molecule has 0 saturated heterocycles. The number of rotatable bonds is 7. The molecule has 0 saturated carbocycles. The van der Waals surface area contributed by atoms with E-state index >= 15 is 0 Å². The predicted octanol–water partition coefficient (Wildman–Crippen LogP) is 5.12. The Labute approximate surface area is 133 Å². The van der Waals surface area contributed by atoms with E-state index in [1.54, 1.807) is 0 Å². The SMILES string of the molecule is C=CCc1cc(C=N)ccc1OCc1ccc(C(C)C)cc1. The lowest BCUT2D eigenvalue weighted by atomic mass is 10.0. The molecule has 1 N–H and O–H groups in total. The molecule has 0 unspecified atom stereocenters. The third-order valence-corrected chi connectivity index (χ3v) is 3.66. The van der Waals surface area contributed by atoms with E-state index in [1.165, 1.54) is 11.8 Å². The number of hydrogen-bond acceptors (Lipinski definition) is 2. The van der Waals surface area contributed by atoms with Crippen LogP contribution in [0.4, 0.5) is 0 Å². The lowest BCUT2D eigenvalue weighted by Gasteiger charge is -2.12. The van der Waals surface area contributed by atoms with Crippen molar-refractivity contribution in [3.63, 3.8) is 0 Å². The van der Waals surface area contributed by atoms with Gasteiger partial charge in [0.1, 0.15) is 12.4 Å². The summed E-state index contributed by atoms with van der Waals surface area (Å²) >= 11 is 0.